The van der Waals surface area contributed by atoms with Gasteiger partial charge in [-0.1, -0.05) is 90.4 Å². The number of benzene rings is 1. The van der Waals surface area contributed by atoms with Crippen molar-refractivity contribution in [2.45, 2.75) is 96.8 Å². The van der Waals surface area contributed by atoms with Crippen molar-refractivity contribution in [2.24, 2.45) is 0 Å². The monoisotopic (exact) mass is 392 g/mol. The maximum atomic E-state index is 11.0. The molecule has 160 valence electrons. The van der Waals surface area contributed by atoms with Crippen molar-refractivity contribution < 1.29 is 19.4 Å². The first-order valence-corrected chi connectivity index (χ1v) is 11.2. The van der Waals surface area contributed by atoms with Crippen LogP contribution in [0.25, 0.3) is 0 Å². The zero-order valence-electron chi connectivity index (χ0n) is 18.0. The van der Waals surface area contributed by atoms with Gasteiger partial charge in [0, 0.05) is 0 Å². The van der Waals surface area contributed by atoms with Crippen molar-refractivity contribution in [1.29, 1.82) is 0 Å². The summed E-state index contributed by atoms with van der Waals surface area (Å²) in [6, 6.07) is 4.72. The molecule has 0 bridgehead atoms. The van der Waals surface area contributed by atoms with Crippen LogP contribution >= 0.6 is 0 Å². The first-order chi connectivity index (χ1) is 13.7. The van der Waals surface area contributed by atoms with Crippen LogP contribution in [0.3, 0.4) is 0 Å². The summed E-state index contributed by atoms with van der Waals surface area (Å²) in [6.45, 7) is 2.91. The first kappa shape index (κ1) is 24.3. The third kappa shape index (κ3) is 11.2. The molecule has 0 spiro atoms. The number of hydrogen-bond donors (Lipinski definition) is 1. The minimum absolute atomic E-state index is 0.209. The maximum absolute atomic E-state index is 11.0. The highest BCUT2D eigenvalue weighted by Gasteiger charge is 2.09. The van der Waals surface area contributed by atoms with Crippen LogP contribution in [-0.2, 0) is 0 Å². The van der Waals surface area contributed by atoms with E-state index in [-0.39, 0.29) is 5.56 Å². The summed E-state index contributed by atoms with van der Waals surface area (Å²) in [5.41, 5.74) is 0.209. The van der Waals surface area contributed by atoms with Gasteiger partial charge >= 0.3 is 5.97 Å². The van der Waals surface area contributed by atoms with Gasteiger partial charge in [0.05, 0.1) is 19.3 Å². The van der Waals surface area contributed by atoms with E-state index < -0.39 is 5.97 Å². The van der Waals surface area contributed by atoms with Gasteiger partial charge in [0.2, 0.25) is 0 Å². The lowest BCUT2D eigenvalue weighted by Gasteiger charge is -2.11. The van der Waals surface area contributed by atoms with Gasteiger partial charge in [-0.2, -0.15) is 0 Å². The van der Waals surface area contributed by atoms with E-state index in [9.17, 15) is 4.79 Å². The fraction of sp³-hybridized carbons (Fsp3) is 0.708. The van der Waals surface area contributed by atoms with E-state index in [2.05, 4.69) is 6.92 Å². The number of carboxylic acid groups (broad SMARTS) is 1. The molecule has 1 aromatic carbocycles. The third-order valence-corrected chi connectivity index (χ3v) is 5.17. The summed E-state index contributed by atoms with van der Waals surface area (Å²) < 4.78 is 11.0. The molecule has 4 nitrogen and oxygen atoms in total. The van der Waals surface area contributed by atoms with Gasteiger partial charge in [0.25, 0.3) is 0 Å². The Labute approximate surface area is 171 Å². The molecule has 28 heavy (non-hydrogen) atoms. The zero-order chi connectivity index (χ0) is 20.5. The quantitative estimate of drug-likeness (QED) is 0.267. The van der Waals surface area contributed by atoms with E-state index in [1.807, 2.05) is 0 Å². The second-order valence-electron chi connectivity index (χ2n) is 7.62. The molecule has 0 atom stereocenters. The van der Waals surface area contributed by atoms with Crippen molar-refractivity contribution in [1.82, 2.24) is 0 Å². The molecular formula is C24H40O4. The maximum Gasteiger partial charge on any atom is 0.335 e. The molecule has 0 aliphatic carbocycles. The highest BCUT2D eigenvalue weighted by atomic mass is 16.5. The number of carbonyl (C=O) groups is 1. The molecule has 0 radical (unpaired) electrons. The highest BCUT2D eigenvalue weighted by molar-refractivity contribution is 5.88. The topological polar surface area (TPSA) is 55.8 Å². The van der Waals surface area contributed by atoms with E-state index >= 15 is 0 Å². The molecule has 1 rings (SSSR count). The van der Waals surface area contributed by atoms with Crippen LogP contribution in [-0.4, -0.2) is 24.8 Å². The Hall–Kier alpha value is -1.71. The Morgan fingerprint density at radius 3 is 1.75 bits per heavy atom. The van der Waals surface area contributed by atoms with Gasteiger partial charge in [-0.05, 0) is 24.6 Å². The zero-order valence-corrected chi connectivity index (χ0v) is 18.0. The number of rotatable bonds is 18. The van der Waals surface area contributed by atoms with Crippen molar-refractivity contribution in [3.63, 3.8) is 0 Å². The van der Waals surface area contributed by atoms with Crippen LogP contribution in [0, 0.1) is 0 Å². The molecule has 0 saturated carbocycles. The van der Waals surface area contributed by atoms with Crippen LogP contribution in [0.15, 0.2) is 18.2 Å². The van der Waals surface area contributed by atoms with E-state index in [4.69, 9.17) is 14.6 Å². The molecule has 0 fully saturated rings. The van der Waals surface area contributed by atoms with Gasteiger partial charge < -0.3 is 14.6 Å². The largest absolute Gasteiger partial charge is 0.493 e. The molecule has 0 unspecified atom stereocenters. The summed E-state index contributed by atoms with van der Waals surface area (Å²) in [5, 5.41) is 9.02. The number of carboxylic acids is 1. The van der Waals surface area contributed by atoms with E-state index in [1.165, 1.54) is 96.6 Å². The Balaban J connectivity index is 1.96. The number of methoxy groups -OCH3 is 1. The molecule has 0 saturated heterocycles. The second kappa shape index (κ2) is 16.3. The second-order valence-corrected chi connectivity index (χ2v) is 7.62. The van der Waals surface area contributed by atoms with Crippen LogP contribution in [0.4, 0.5) is 0 Å². The van der Waals surface area contributed by atoms with Crippen LogP contribution < -0.4 is 9.47 Å². The van der Waals surface area contributed by atoms with Crippen LogP contribution in [0.2, 0.25) is 0 Å². The van der Waals surface area contributed by atoms with Gasteiger partial charge in [-0.15, -0.1) is 0 Å². The summed E-state index contributed by atoms with van der Waals surface area (Å²) in [4.78, 5) is 11.0. The number of hydrogen-bond acceptors (Lipinski definition) is 3. The molecule has 4 heteroatoms. The van der Waals surface area contributed by atoms with Crippen molar-refractivity contribution in [2.75, 3.05) is 13.7 Å². The predicted octanol–water partition coefficient (Wildman–Crippen LogP) is 7.25. The molecule has 0 heterocycles. The first-order valence-electron chi connectivity index (χ1n) is 11.2. The molecule has 0 aliphatic rings. The Kier molecular flexibility index (Phi) is 14.1. The number of ether oxygens (including phenoxy) is 2. The molecular weight excluding hydrogens is 352 g/mol. The molecule has 0 amide bonds. The lowest BCUT2D eigenvalue weighted by molar-refractivity contribution is 0.0696. The average Bonchev–Trinajstić information content (AvgIpc) is 2.70. The van der Waals surface area contributed by atoms with Gasteiger partial charge in [0.1, 0.15) is 0 Å². The minimum atomic E-state index is -0.961. The van der Waals surface area contributed by atoms with E-state index in [0.717, 1.165) is 6.42 Å². The Morgan fingerprint density at radius 1 is 0.786 bits per heavy atom. The number of aromatic carboxylic acids is 1. The lowest BCUT2D eigenvalue weighted by atomic mass is 10.0. The highest BCUT2D eigenvalue weighted by Crippen LogP contribution is 2.28. The van der Waals surface area contributed by atoms with Crippen molar-refractivity contribution in [3.8, 4) is 11.5 Å². The fourth-order valence-corrected chi connectivity index (χ4v) is 3.40. The fourth-order valence-electron chi connectivity index (χ4n) is 3.40. The van der Waals surface area contributed by atoms with Gasteiger partial charge in [-0.3, -0.25) is 0 Å². The third-order valence-electron chi connectivity index (χ3n) is 5.17. The van der Waals surface area contributed by atoms with E-state index in [1.54, 1.807) is 12.1 Å². The smallest absolute Gasteiger partial charge is 0.335 e. The van der Waals surface area contributed by atoms with Crippen LogP contribution in [0.1, 0.15) is 107 Å². The van der Waals surface area contributed by atoms with Crippen LogP contribution in [0.5, 0.6) is 11.5 Å². The Morgan fingerprint density at radius 2 is 1.29 bits per heavy atom. The average molecular weight is 393 g/mol. The molecule has 1 aromatic rings. The Bertz CT molecular complexity index is 527. The van der Waals surface area contributed by atoms with Gasteiger partial charge in [-0.25, -0.2) is 4.79 Å². The molecule has 0 aromatic heterocycles. The van der Waals surface area contributed by atoms with E-state index in [0.29, 0.717) is 18.1 Å². The van der Waals surface area contributed by atoms with Crippen molar-refractivity contribution in [3.05, 3.63) is 23.8 Å². The summed E-state index contributed by atoms with van der Waals surface area (Å²) in [6.07, 6.45) is 18.7. The lowest BCUT2D eigenvalue weighted by Crippen LogP contribution is -2.02. The van der Waals surface area contributed by atoms with Gasteiger partial charge in [0.15, 0.2) is 11.5 Å². The SMILES string of the molecule is CCCCCCCCCCCCCCCCOc1ccc(C(=O)O)cc1OC. The molecule has 1 N–H and O–H groups in total. The standard InChI is InChI=1S/C24H40O4/c1-3-4-5-6-7-8-9-10-11-12-13-14-15-16-19-28-22-18-17-21(24(25)26)20-23(22)27-2/h17-18,20H,3-16,19H2,1-2H3,(H,25,26). The summed E-state index contributed by atoms with van der Waals surface area (Å²) >= 11 is 0. The predicted molar refractivity (Wildman–Crippen MR) is 116 cm³/mol. The minimum Gasteiger partial charge on any atom is -0.493 e. The van der Waals surface area contributed by atoms with Crippen molar-refractivity contribution >= 4 is 5.97 Å². The summed E-state index contributed by atoms with van der Waals surface area (Å²) in [7, 11) is 1.53. The molecule has 0 aliphatic heterocycles. The summed E-state index contributed by atoms with van der Waals surface area (Å²) in [5.74, 6) is 0.129. The number of unbranched alkanes of at least 4 members (excludes halogenated alkanes) is 13. The normalized spacial score (nSPS) is 10.8.